The lowest BCUT2D eigenvalue weighted by molar-refractivity contribution is -0.137. The summed E-state index contributed by atoms with van der Waals surface area (Å²) >= 11 is 0. The maximum Gasteiger partial charge on any atom is 0.416 e. The molecular formula is C14H17F3N2O2. The highest BCUT2D eigenvalue weighted by Gasteiger charge is 2.30. The number of nitrogens with zero attached hydrogens (tertiary/aromatic N) is 1. The molecule has 2 rings (SSSR count). The van der Waals surface area contributed by atoms with Gasteiger partial charge in [-0.15, -0.1) is 0 Å². The van der Waals surface area contributed by atoms with Crippen LogP contribution in [-0.4, -0.2) is 24.8 Å². The van der Waals surface area contributed by atoms with Gasteiger partial charge in [-0.2, -0.15) is 13.2 Å². The third kappa shape index (κ3) is 4.27. The number of rotatable bonds is 5. The van der Waals surface area contributed by atoms with E-state index in [1.165, 1.54) is 12.1 Å². The topological polar surface area (TPSA) is 56.8 Å². The zero-order chi connectivity index (χ0) is 15.5. The molecule has 0 aliphatic carbocycles. The van der Waals surface area contributed by atoms with Crippen molar-refractivity contribution in [2.75, 3.05) is 6.61 Å². The number of ether oxygens (including phenoxy) is 2. The van der Waals surface area contributed by atoms with Crippen molar-refractivity contribution in [2.45, 2.75) is 38.1 Å². The SMILES string of the molecule is CC[C@@H](CC1COC(N)=N1)Oc1ccc(C(F)(F)F)cc1. The van der Waals surface area contributed by atoms with Crippen LogP contribution in [0.3, 0.4) is 0 Å². The third-order valence-electron chi connectivity index (χ3n) is 3.21. The second-order valence-corrected chi connectivity index (χ2v) is 4.84. The van der Waals surface area contributed by atoms with E-state index in [-0.39, 0.29) is 18.2 Å². The minimum Gasteiger partial charge on any atom is -0.490 e. The first-order chi connectivity index (χ1) is 9.88. The van der Waals surface area contributed by atoms with E-state index in [4.69, 9.17) is 15.2 Å². The van der Waals surface area contributed by atoms with Crippen LogP contribution in [-0.2, 0) is 10.9 Å². The van der Waals surface area contributed by atoms with Crippen molar-refractivity contribution in [1.82, 2.24) is 0 Å². The number of nitrogens with two attached hydrogens (primary N) is 1. The van der Waals surface area contributed by atoms with Crippen molar-refractivity contribution in [3.8, 4) is 5.75 Å². The molecule has 2 N–H and O–H groups in total. The molecular weight excluding hydrogens is 285 g/mol. The van der Waals surface area contributed by atoms with Crippen LogP contribution < -0.4 is 10.5 Å². The molecule has 0 saturated carbocycles. The van der Waals surface area contributed by atoms with Crippen LogP contribution in [0.2, 0.25) is 0 Å². The number of hydrogen-bond acceptors (Lipinski definition) is 4. The average Bonchev–Trinajstić information content (AvgIpc) is 2.83. The molecule has 7 heteroatoms. The maximum absolute atomic E-state index is 12.5. The summed E-state index contributed by atoms with van der Waals surface area (Å²) in [7, 11) is 0. The molecule has 1 aliphatic heterocycles. The minimum atomic E-state index is -4.34. The van der Waals surface area contributed by atoms with Crippen LogP contribution >= 0.6 is 0 Å². The summed E-state index contributed by atoms with van der Waals surface area (Å²) in [4.78, 5) is 4.11. The second kappa shape index (κ2) is 6.24. The smallest absolute Gasteiger partial charge is 0.416 e. The molecule has 0 amide bonds. The van der Waals surface area contributed by atoms with Crippen molar-refractivity contribution in [3.63, 3.8) is 0 Å². The Labute approximate surface area is 120 Å². The maximum atomic E-state index is 12.5. The van der Waals surface area contributed by atoms with Gasteiger partial charge in [0.25, 0.3) is 6.02 Å². The van der Waals surface area contributed by atoms with Crippen molar-refractivity contribution < 1.29 is 22.6 Å². The van der Waals surface area contributed by atoms with E-state index in [0.717, 1.165) is 12.1 Å². The first-order valence-corrected chi connectivity index (χ1v) is 6.68. The zero-order valence-electron chi connectivity index (χ0n) is 11.6. The lowest BCUT2D eigenvalue weighted by atomic mass is 10.1. The highest BCUT2D eigenvalue weighted by molar-refractivity contribution is 5.73. The number of amidine groups is 1. The largest absolute Gasteiger partial charge is 0.490 e. The Hall–Kier alpha value is -1.92. The van der Waals surface area contributed by atoms with Gasteiger partial charge in [-0.1, -0.05) is 6.92 Å². The van der Waals surface area contributed by atoms with Crippen LogP contribution in [0.15, 0.2) is 29.3 Å². The Morgan fingerprint density at radius 2 is 2.05 bits per heavy atom. The quantitative estimate of drug-likeness (QED) is 0.909. The Bertz CT molecular complexity index is 500. The molecule has 0 fully saturated rings. The molecule has 1 unspecified atom stereocenters. The molecule has 0 saturated heterocycles. The molecule has 116 valence electrons. The first-order valence-electron chi connectivity index (χ1n) is 6.68. The summed E-state index contributed by atoms with van der Waals surface area (Å²) in [6.07, 6.45) is -3.16. The Kier molecular flexibility index (Phi) is 4.59. The van der Waals surface area contributed by atoms with Gasteiger partial charge < -0.3 is 15.2 Å². The fourth-order valence-electron chi connectivity index (χ4n) is 2.07. The first kappa shape index (κ1) is 15.5. The molecule has 1 heterocycles. The molecule has 4 nitrogen and oxygen atoms in total. The van der Waals surface area contributed by atoms with Gasteiger partial charge in [0.05, 0.1) is 11.6 Å². The fourth-order valence-corrected chi connectivity index (χ4v) is 2.07. The Morgan fingerprint density at radius 3 is 2.52 bits per heavy atom. The fraction of sp³-hybridized carbons (Fsp3) is 0.500. The van der Waals surface area contributed by atoms with Gasteiger partial charge in [-0.3, -0.25) is 0 Å². The van der Waals surface area contributed by atoms with Crippen LogP contribution in [0.4, 0.5) is 13.2 Å². The molecule has 1 aromatic carbocycles. The van der Waals surface area contributed by atoms with E-state index in [9.17, 15) is 13.2 Å². The summed E-state index contributed by atoms with van der Waals surface area (Å²) < 4.78 is 48.2. The summed E-state index contributed by atoms with van der Waals surface area (Å²) in [6.45, 7) is 2.36. The highest BCUT2D eigenvalue weighted by Crippen LogP contribution is 2.30. The van der Waals surface area contributed by atoms with Crippen molar-refractivity contribution >= 4 is 6.02 Å². The molecule has 21 heavy (non-hydrogen) atoms. The Balaban J connectivity index is 1.95. The van der Waals surface area contributed by atoms with Crippen LogP contribution in [0.1, 0.15) is 25.3 Å². The predicted molar refractivity (Wildman–Crippen MR) is 72.1 cm³/mol. The molecule has 2 atom stereocenters. The molecule has 1 aliphatic rings. The third-order valence-corrected chi connectivity index (χ3v) is 3.21. The standard InChI is InChI=1S/C14H17F3N2O2/c1-2-11(7-10-8-20-13(18)19-10)21-12-5-3-9(4-6-12)14(15,16)17/h3-6,10-11H,2,7-8H2,1H3,(H2,18,19)/t10?,11-/m0/s1. The number of alkyl halides is 3. The summed E-state index contributed by atoms with van der Waals surface area (Å²) in [5.74, 6) is 0.408. The molecule has 0 bridgehead atoms. The number of halogens is 3. The lowest BCUT2D eigenvalue weighted by Gasteiger charge is -2.19. The van der Waals surface area contributed by atoms with E-state index in [0.29, 0.717) is 25.2 Å². The predicted octanol–water partition coefficient (Wildman–Crippen LogP) is 2.97. The van der Waals surface area contributed by atoms with Crippen molar-refractivity contribution in [3.05, 3.63) is 29.8 Å². The van der Waals surface area contributed by atoms with E-state index >= 15 is 0 Å². The van der Waals surface area contributed by atoms with Gasteiger partial charge in [0.1, 0.15) is 18.5 Å². The molecule has 1 aromatic rings. The highest BCUT2D eigenvalue weighted by atomic mass is 19.4. The number of benzene rings is 1. The second-order valence-electron chi connectivity index (χ2n) is 4.84. The minimum absolute atomic E-state index is 0.0654. The number of hydrogen-bond donors (Lipinski definition) is 1. The number of aliphatic imine (C=N–C) groups is 1. The van der Waals surface area contributed by atoms with E-state index in [1.54, 1.807) is 0 Å². The van der Waals surface area contributed by atoms with Gasteiger partial charge in [-0.25, -0.2) is 4.99 Å². The van der Waals surface area contributed by atoms with Crippen molar-refractivity contribution in [1.29, 1.82) is 0 Å². The molecule has 0 spiro atoms. The van der Waals surface area contributed by atoms with Crippen LogP contribution in [0.5, 0.6) is 5.75 Å². The lowest BCUT2D eigenvalue weighted by Crippen LogP contribution is -2.22. The molecule has 0 aromatic heterocycles. The molecule has 0 radical (unpaired) electrons. The van der Waals surface area contributed by atoms with Gasteiger partial charge in [0, 0.05) is 6.42 Å². The summed E-state index contributed by atoms with van der Waals surface area (Å²) in [5.41, 5.74) is 4.74. The zero-order valence-corrected chi connectivity index (χ0v) is 11.6. The van der Waals surface area contributed by atoms with Crippen molar-refractivity contribution in [2.24, 2.45) is 10.7 Å². The van der Waals surface area contributed by atoms with Crippen LogP contribution in [0, 0.1) is 0 Å². The monoisotopic (exact) mass is 302 g/mol. The van der Waals surface area contributed by atoms with Gasteiger partial charge in [0.15, 0.2) is 0 Å². The summed E-state index contributed by atoms with van der Waals surface area (Å²) in [5, 5.41) is 0. The van der Waals surface area contributed by atoms with Crippen LogP contribution in [0.25, 0.3) is 0 Å². The van der Waals surface area contributed by atoms with E-state index < -0.39 is 11.7 Å². The van der Waals surface area contributed by atoms with Gasteiger partial charge >= 0.3 is 6.18 Å². The van der Waals surface area contributed by atoms with Gasteiger partial charge in [-0.05, 0) is 30.7 Å². The normalized spacial score (nSPS) is 19.8. The summed E-state index contributed by atoms with van der Waals surface area (Å²) in [6, 6.07) is 4.78. The van der Waals surface area contributed by atoms with E-state index in [2.05, 4.69) is 4.99 Å². The van der Waals surface area contributed by atoms with E-state index in [1.807, 2.05) is 6.92 Å². The Morgan fingerprint density at radius 1 is 1.38 bits per heavy atom. The average molecular weight is 302 g/mol. The van der Waals surface area contributed by atoms with Gasteiger partial charge in [0.2, 0.25) is 0 Å².